The number of rotatable bonds is 3. The lowest BCUT2D eigenvalue weighted by Gasteiger charge is -2.15. The van der Waals surface area contributed by atoms with Crippen LogP contribution < -0.4 is 16.4 Å². The summed E-state index contributed by atoms with van der Waals surface area (Å²) in [5, 5.41) is 6.39. The zero-order valence-electron chi connectivity index (χ0n) is 9.57. The molecule has 1 aromatic rings. The van der Waals surface area contributed by atoms with Crippen LogP contribution in [0.1, 0.15) is 22.3 Å². The van der Waals surface area contributed by atoms with Crippen LogP contribution in [-0.2, 0) is 6.54 Å². The summed E-state index contributed by atoms with van der Waals surface area (Å²) in [7, 11) is 0. The lowest BCUT2D eigenvalue weighted by molar-refractivity contribution is 0.100. The van der Waals surface area contributed by atoms with Gasteiger partial charge < -0.3 is 16.4 Å². The second-order valence-corrected chi connectivity index (χ2v) is 3.93. The minimum Gasteiger partial charge on any atom is -0.366 e. The van der Waals surface area contributed by atoms with E-state index in [2.05, 4.69) is 15.6 Å². The largest absolute Gasteiger partial charge is 0.366 e. The third kappa shape index (κ3) is 3.21. The zero-order valence-corrected chi connectivity index (χ0v) is 9.57. The molecule has 0 saturated heterocycles. The summed E-state index contributed by atoms with van der Waals surface area (Å²) >= 11 is 0. The molecule has 0 unspecified atom stereocenters. The number of hydrogen-bond donors (Lipinski definition) is 3. The smallest absolute Gasteiger partial charge is 0.248 e. The summed E-state index contributed by atoms with van der Waals surface area (Å²) in [6.45, 7) is 2.52. The van der Waals surface area contributed by atoms with Crippen LogP contribution in [0.3, 0.4) is 0 Å². The van der Waals surface area contributed by atoms with E-state index in [4.69, 9.17) is 5.73 Å². The fraction of sp³-hybridized carbons (Fsp3) is 0.333. The number of nitrogens with two attached hydrogens (primary N) is 1. The quantitative estimate of drug-likeness (QED) is 0.697. The van der Waals surface area contributed by atoms with Crippen molar-refractivity contribution >= 4 is 11.9 Å². The van der Waals surface area contributed by atoms with Crippen LogP contribution in [0, 0.1) is 0 Å². The highest BCUT2D eigenvalue weighted by Gasteiger charge is 2.03. The average molecular weight is 232 g/mol. The van der Waals surface area contributed by atoms with Gasteiger partial charge in [-0.05, 0) is 24.1 Å². The molecule has 5 heteroatoms. The standard InChI is InChI=1S/C12H16N4O/c13-11(17)10-4-2-9(3-5-10)8-16-12-14-6-1-7-15-12/h2-5H,1,6-8H2,(H2,13,17)(H2,14,15,16). The molecule has 1 amide bonds. The Morgan fingerprint density at radius 3 is 2.76 bits per heavy atom. The molecule has 1 aliphatic rings. The van der Waals surface area contributed by atoms with Crippen LogP contribution in [0.15, 0.2) is 29.3 Å². The number of carbonyl (C=O) groups is 1. The van der Waals surface area contributed by atoms with Crippen LogP contribution in [0.2, 0.25) is 0 Å². The maximum atomic E-state index is 10.9. The normalized spacial score (nSPS) is 14.7. The van der Waals surface area contributed by atoms with E-state index in [1.807, 2.05) is 12.1 Å². The molecule has 1 aromatic carbocycles. The molecule has 0 bridgehead atoms. The molecular formula is C12H16N4O. The summed E-state index contributed by atoms with van der Waals surface area (Å²) in [6.07, 6.45) is 1.08. The fourth-order valence-electron chi connectivity index (χ4n) is 1.62. The van der Waals surface area contributed by atoms with Crippen molar-refractivity contribution in [2.45, 2.75) is 13.0 Å². The number of primary amides is 1. The number of nitrogens with one attached hydrogen (secondary N) is 2. The minimum atomic E-state index is -0.400. The Bertz CT molecular complexity index is 425. The van der Waals surface area contributed by atoms with Crippen molar-refractivity contribution in [3.05, 3.63) is 35.4 Å². The molecule has 5 nitrogen and oxygen atoms in total. The molecule has 4 N–H and O–H groups in total. The summed E-state index contributed by atoms with van der Waals surface area (Å²) in [5.41, 5.74) is 6.79. The molecule has 90 valence electrons. The van der Waals surface area contributed by atoms with Gasteiger partial charge in [-0.25, -0.2) is 0 Å². The fourth-order valence-corrected chi connectivity index (χ4v) is 1.62. The molecule has 0 radical (unpaired) electrons. The topological polar surface area (TPSA) is 79.5 Å². The molecule has 2 rings (SSSR count). The van der Waals surface area contributed by atoms with E-state index < -0.39 is 5.91 Å². The lowest BCUT2D eigenvalue weighted by atomic mass is 10.1. The van der Waals surface area contributed by atoms with Gasteiger partial charge in [0.25, 0.3) is 0 Å². The zero-order chi connectivity index (χ0) is 12.1. The van der Waals surface area contributed by atoms with E-state index in [9.17, 15) is 4.79 Å². The first-order chi connectivity index (χ1) is 8.25. The molecule has 0 saturated carbocycles. The summed E-state index contributed by atoms with van der Waals surface area (Å²) in [4.78, 5) is 15.2. The number of amides is 1. The summed E-state index contributed by atoms with van der Waals surface area (Å²) < 4.78 is 0. The molecule has 1 heterocycles. The van der Waals surface area contributed by atoms with Crippen LogP contribution in [0.4, 0.5) is 0 Å². The van der Waals surface area contributed by atoms with Gasteiger partial charge in [0, 0.05) is 25.2 Å². The SMILES string of the molecule is NC(=O)c1ccc(CNC2=NCCCN2)cc1. The van der Waals surface area contributed by atoms with E-state index in [0.717, 1.165) is 31.0 Å². The van der Waals surface area contributed by atoms with Crippen molar-refractivity contribution in [2.24, 2.45) is 10.7 Å². The number of nitrogens with zero attached hydrogens (tertiary/aromatic N) is 1. The lowest BCUT2D eigenvalue weighted by Crippen LogP contribution is -2.40. The van der Waals surface area contributed by atoms with Crippen LogP contribution >= 0.6 is 0 Å². The Hall–Kier alpha value is -2.04. The van der Waals surface area contributed by atoms with Gasteiger partial charge in [0.1, 0.15) is 0 Å². The van der Waals surface area contributed by atoms with Crippen molar-refractivity contribution in [1.82, 2.24) is 10.6 Å². The van der Waals surface area contributed by atoms with E-state index in [1.165, 1.54) is 0 Å². The van der Waals surface area contributed by atoms with Gasteiger partial charge in [-0.15, -0.1) is 0 Å². The highest BCUT2D eigenvalue weighted by atomic mass is 16.1. The number of benzene rings is 1. The molecule has 1 aliphatic heterocycles. The molecule has 17 heavy (non-hydrogen) atoms. The number of carbonyl (C=O) groups excluding carboxylic acids is 1. The van der Waals surface area contributed by atoms with Gasteiger partial charge in [-0.3, -0.25) is 9.79 Å². The van der Waals surface area contributed by atoms with Gasteiger partial charge >= 0.3 is 0 Å². The molecule has 0 aromatic heterocycles. The Balaban J connectivity index is 1.90. The van der Waals surface area contributed by atoms with E-state index >= 15 is 0 Å². The van der Waals surface area contributed by atoms with E-state index in [1.54, 1.807) is 12.1 Å². The molecule has 0 atom stereocenters. The summed E-state index contributed by atoms with van der Waals surface area (Å²) in [5.74, 6) is 0.443. The van der Waals surface area contributed by atoms with Crippen molar-refractivity contribution < 1.29 is 4.79 Å². The van der Waals surface area contributed by atoms with Crippen molar-refractivity contribution in [3.8, 4) is 0 Å². The summed E-state index contributed by atoms with van der Waals surface area (Å²) in [6, 6.07) is 7.23. The highest BCUT2D eigenvalue weighted by molar-refractivity contribution is 5.92. The average Bonchev–Trinajstić information content (AvgIpc) is 2.38. The molecule has 0 spiro atoms. The van der Waals surface area contributed by atoms with Gasteiger partial charge in [0.15, 0.2) is 5.96 Å². The second kappa shape index (κ2) is 5.34. The second-order valence-electron chi connectivity index (χ2n) is 3.93. The monoisotopic (exact) mass is 232 g/mol. The van der Waals surface area contributed by atoms with Gasteiger partial charge in [-0.1, -0.05) is 12.1 Å². The number of aliphatic imine (C=N–C) groups is 1. The Kier molecular flexibility index (Phi) is 3.59. The number of guanidine groups is 1. The Morgan fingerprint density at radius 1 is 1.41 bits per heavy atom. The van der Waals surface area contributed by atoms with E-state index in [-0.39, 0.29) is 0 Å². The van der Waals surface area contributed by atoms with Crippen LogP contribution in [-0.4, -0.2) is 25.0 Å². The Labute approximate surface area is 100 Å². The van der Waals surface area contributed by atoms with Gasteiger partial charge in [0.05, 0.1) is 0 Å². The van der Waals surface area contributed by atoms with Crippen LogP contribution in [0.25, 0.3) is 0 Å². The first kappa shape index (κ1) is 11.4. The maximum Gasteiger partial charge on any atom is 0.248 e. The Morgan fingerprint density at radius 2 is 2.18 bits per heavy atom. The van der Waals surface area contributed by atoms with Crippen molar-refractivity contribution in [1.29, 1.82) is 0 Å². The third-order valence-electron chi connectivity index (χ3n) is 2.60. The molecular weight excluding hydrogens is 216 g/mol. The first-order valence-corrected chi connectivity index (χ1v) is 5.66. The van der Waals surface area contributed by atoms with Crippen molar-refractivity contribution in [2.75, 3.05) is 13.1 Å². The van der Waals surface area contributed by atoms with Crippen molar-refractivity contribution in [3.63, 3.8) is 0 Å². The highest BCUT2D eigenvalue weighted by Crippen LogP contribution is 2.03. The van der Waals surface area contributed by atoms with E-state index in [0.29, 0.717) is 12.1 Å². The third-order valence-corrected chi connectivity index (χ3v) is 2.60. The van der Waals surface area contributed by atoms with Gasteiger partial charge in [0.2, 0.25) is 5.91 Å². The molecule has 0 fully saturated rings. The first-order valence-electron chi connectivity index (χ1n) is 5.66. The maximum absolute atomic E-state index is 10.9. The van der Waals surface area contributed by atoms with Gasteiger partial charge in [-0.2, -0.15) is 0 Å². The minimum absolute atomic E-state index is 0.400. The van der Waals surface area contributed by atoms with Crippen LogP contribution in [0.5, 0.6) is 0 Å². The number of hydrogen-bond acceptors (Lipinski definition) is 4. The molecule has 0 aliphatic carbocycles. The predicted octanol–water partition coefficient (Wildman–Crippen LogP) is 0.224. The predicted molar refractivity (Wildman–Crippen MR) is 66.7 cm³/mol.